The van der Waals surface area contributed by atoms with E-state index in [1.54, 1.807) is 0 Å². The normalized spacial score (nSPS) is 11.1. The lowest BCUT2D eigenvalue weighted by atomic mass is 10.2. The zero-order valence-corrected chi connectivity index (χ0v) is 11.1. The second kappa shape index (κ2) is 7.81. The van der Waals surface area contributed by atoms with E-state index < -0.39 is 5.97 Å². The molecule has 1 N–H and O–H groups in total. The summed E-state index contributed by atoms with van der Waals surface area (Å²) in [5.41, 5.74) is 0. The molecule has 0 aliphatic carbocycles. The fourth-order valence-corrected chi connectivity index (χ4v) is 1.58. The Labute approximate surface area is 107 Å². The number of hydrogen-bond acceptors (Lipinski definition) is 5. The lowest BCUT2D eigenvalue weighted by molar-refractivity contribution is -0.137. The predicted octanol–water partition coefficient (Wildman–Crippen LogP) is 1.71. The van der Waals surface area contributed by atoms with Gasteiger partial charge in [0, 0.05) is 13.0 Å². The van der Waals surface area contributed by atoms with E-state index in [2.05, 4.69) is 17.1 Å². The number of aromatic nitrogens is 2. The monoisotopic (exact) mass is 255 g/mol. The molecule has 0 saturated heterocycles. The van der Waals surface area contributed by atoms with Gasteiger partial charge in [-0.2, -0.15) is 4.98 Å². The Balaban J connectivity index is 2.43. The van der Waals surface area contributed by atoms with Crippen LogP contribution in [0.4, 0.5) is 0 Å². The van der Waals surface area contributed by atoms with Crippen molar-refractivity contribution in [1.29, 1.82) is 0 Å². The molecule has 0 amide bonds. The first-order valence-corrected chi connectivity index (χ1v) is 6.41. The van der Waals surface area contributed by atoms with Crippen molar-refractivity contribution in [3.8, 4) is 0 Å². The van der Waals surface area contributed by atoms with Gasteiger partial charge in [-0.3, -0.25) is 9.69 Å². The topological polar surface area (TPSA) is 79.5 Å². The van der Waals surface area contributed by atoms with Gasteiger partial charge < -0.3 is 9.63 Å². The Bertz CT molecular complexity index is 365. The molecule has 0 atom stereocenters. The highest BCUT2D eigenvalue weighted by Crippen LogP contribution is 2.05. The molecular weight excluding hydrogens is 234 g/mol. The fraction of sp³-hybridized carbons (Fsp3) is 0.750. The first kappa shape index (κ1) is 14.6. The standard InChI is InChI=1S/C12H21N3O3/c1-3-5-6-10-13-11(18-14-10)9-15(4-2)8-7-12(16)17/h3-9H2,1-2H3,(H,16,17). The van der Waals surface area contributed by atoms with Crippen molar-refractivity contribution in [2.45, 2.75) is 46.1 Å². The lowest BCUT2D eigenvalue weighted by Crippen LogP contribution is -2.25. The van der Waals surface area contributed by atoms with E-state index in [0.29, 0.717) is 19.0 Å². The van der Waals surface area contributed by atoms with Gasteiger partial charge in [-0.25, -0.2) is 0 Å². The summed E-state index contributed by atoms with van der Waals surface area (Å²) in [6, 6.07) is 0. The first-order chi connectivity index (χ1) is 8.65. The van der Waals surface area contributed by atoms with Crippen molar-refractivity contribution in [2.75, 3.05) is 13.1 Å². The fourth-order valence-electron chi connectivity index (χ4n) is 1.58. The summed E-state index contributed by atoms with van der Waals surface area (Å²) in [5, 5.41) is 12.6. The summed E-state index contributed by atoms with van der Waals surface area (Å²) in [4.78, 5) is 16.8. The molecule has 0 unspecified atom stereocenters. The SMILES string of the molecule is CCCCc1noc(CN(CC)CCC(=O)O)n1. The molecule has 0 aromatic carbocycles. The van der Waals surface area contributed by atoms with Gasteiger partial charge in [-0.1, -0.05) is 25.4 Å². The Morgan fingerprint density at radius 2 is 2.22 bits per heavy atom. The summed E-state index contributed by atoms with van der Waals surface area (Å²) in [7, 11) is 0. The minimum Gasteiger partial charge on any atom is -0.481 e. The number of unbranched alkanes of at least 4 members (excludes halogenated alkanes) is 1. The molecule has 0 saturated carbocycles. The van der Waals surface area contributed by atoms with Crippen LogP contribution in [0.3, 0.4) is 0 Å². The molecule has 0 fully saturated rings. The number of hydrogen-bond donors (Lipinski definition) is 1. The average molecular weight is 255 g/mol. The molecular formula is C12H21N3O3. The van der Waals surface area contributed by atoms with Gasteiger partial charge in [0.25, 0.3) is 0 Å². The third-order valence-electron chi connectivity index (χ3n) is 2.71. The largest absolute Gasteiger partial charge is 0.481 e. The molecule has 1 rings (SSSR count). The van der Waals surface area contributed by atoms with Gasteiger partial charge >= 0.3 is 5.97 Å². The van der Waals surface area contributed by atoms with Crippen molar-refractivity contribution in [2.24, 2.45) is 0 Å². The van der Waals surface area contributed by atoms with Crippen molar-refractivity contribution in [3.05, 3.63) is 11.7 Å². The third-order valence-corrected chi connectivity index (χ3v) is 2.71. The number of carbonyl (C=O) groups is 1. The average Bonchev–Trinajstić information content (AvgIpc) is 2.79. The van der Waals surface area contributed by atoms with Gasteiger partial charge in [0.2, 0.25) is 5.89 Å². The van der Waals surface area contributed by atoms with Gasteiger partial charge in [0.05, 0.1) is 13.0 Å². The number of carboxylic acid groups (broad SMARTS) is 1. The maximum Gasteiger partial charge on any atom is 0.304 e. The third kappa shape index (κ3) is 5.27. The summed E-state index contributed by atoms with van der Waals surface area (Å²) in [6.07, 6.45) is 3.12. The Morgan fingerprint density at radius 1 is 1.44 bits per heavy atom. The number of nitrogens with zero attached hydrogens (tertiary/aromatic N) is 3. The van der Waals surface area contributed by atoms with Crippen LogP contribution >= 0.6 is 0 Å². The van der Waals surface area contributed by atoms with Crippen LogP contribution in [0.15, 0.2) is 4.52 Å². The first-order valence-electron chi connectivity index (χ1n) is 6.41. The molecule has 102 valence electrons. The zero-order valence-electron chi connectivity index (χ0n) is 11.1. The Kier molecular flexibility index (Phi) is 6.35. The Morgan fingerprint density at radius 3 is 2.83 bits per heavy atom. The van der Waals surface area contributed by atoms with Crippen LogP contribution in [0.5, 0.6) is 0 Å². The highest BCUT2D eigenvalue weighted by Gasteiger charge is 2.11. The number of rotatable bonds is 9. The maximum atomic E-state index is 10.5. The van der Waals surface area contributed by atoms with Gasteiger partial charge in [0.1, 0.15) is 0 Å². The van der Waals surface area contributed by atoms with Crippen LogP contribution in [-0.4, -0.2) is 39.2 Å². The molecule has 0 aliphatic rings. The molecule has 6 nitrogen and oxygen atoms in total. The van der Waals surface area contributed by atoms with Gasteiger partial charge in [-0.15, -0.1) is 0 Å². The van der Waals surface area contributed by atoms with Crippen LogP contribution in [0.2, 0.25) is 0 Å². The van der Waals surface area contributed by atoms with Crippen molar-refractivity contribution in [3.63, 3.8) is 0 Å². The summed E-state index contributed by atoms with van der Waals surface area (Å²) >= 11 is 0. The lowest BCUT2D eigenvalue weighted by Gasteiger charge is -2.16. The van der Waals surface area contributed by atoms with E-state index >= 15 is 0 Å². The highest BCUT2D eigenvalue weighted by atomic mass is 16.5. The predicted molar refractivity (Wildman–Crippen MR) is 66.1 cm³/mol. The molecule has 1 heterocycles. The quantitative estimate of drug-likeness (QED) is 0.723. The second-order valence-corrected chi connectivity index (χ2v) is 4.22. The van der Waals surface area contributed by atoms with Crippen molar-refractivity contribution >= 4 is 5.97 Å². The van der Waals surface area contributed by atoms with Crippen LogP contribution < -0.4 is 0 Å². The summed E-state index contributed by atoms with van der Waals surface area (Å²) in [6.45, 7) is 5.88. The molecule has 0 radical (unpaired) electrons. The molecule has 18 heavy (non-hydrogen) atoms. The second-order valence-electron chi connectivity index (χ2n) is 4.22. The van der Waals surface area contributed by atoms with Crippen molar-refractivity contribution < 1.29 is 14.4 Å². The number of aliphatic carboxylic acids is 1. The van der Waals surface area contributed by atoms with Gasteiger partial charge in [0.15, 0.2) is 5.82 Å². The number of aryl methyl sites for hydroxylation is 1. The summed E-state index contributed by atoms with van der Waals surface area (Å²) in [5.74, 6) is 0.511. The van der Waals surface area contributed by atoms with E-state index in [4.69, 9.17) is 9.63 Å². The molecule has 1 aromatic heterocycles. The zero-order chi connectivity index (χ0) is 13.4. The number of carboxylic acids is 1. The smallest absolute Gasteiger partial charge is 0.304 e. The van der Waals surface area contributed by atoms with E-state index in [1.165, 1.54) is 0 Å². The molecule has 0 bridgehead atoms. The van der Waals surface area contributed by atoms with Crippen LogP contribution in [0.1, 0.15) is 44.8 Å². The summed E-state index contributed by atoms with van der Waals surface area (Å²) < 4.78 is 5.15. The molecule has 1 aromatic rings. The highest BCUT2D eigenvalue weighted by molar-refractivity contribution is 5.66. The van der Waals surface area contributed by atoms with Crippen LogP contribution in [0, 0.1) is 0 Å². The van der Waals surface area contributed by atoms with Crippen LogP contribution in [-0.2, 0) is 17.8 Å². The molecule has 0 spiro atoms. The maximum absolute atomic E-state index is 10.5. The van der Waals surface area contributed by atoms with Crippen molar-refractivity contribution in [1.82, 2.24) is 15.0 Å². The van der Waals surface area contributed by atoms with Gasteiger partial charge in [-0.05, 0) is 13.0 Å². The minimum absolute atomic E-state index is 0.130. The van der Waals surface area contributed by atoms with Crippen LogP contribution in [0.25, 0.3) is 0 Å². The molecule has 6 heteroatoms. The van der Waals surface area contributed by atoms with E-state index in [1.807, 2.05) is 11.8 Å². The molecule has 0 aliphatic heterocycles. The van der Waals surface area contributed by atoms with E-state index in [9.17, 15) is 4.79 Å². The van der Waals surface area contributed by atoms with E-state index in [0.717, 1.165) is 31.6 Å². The minimum atomic E-state index is -0.789. The Hall–Kier alpha value is -1.43. The van der Waals surface area contributed by atoms with E-state index in [-0.39, 0.29) is 6.42 Å².